The Bertz CT molecular complexity index is 314. The summed E-state index contributed by atoms with van der Waals surface area (Å²) < 4.78 is 18.2. The lowest BCUT2D eigenvalue weighted by Gasteiger charge is -2.12. The smallest absolute Gasteiger partial charge is 0.126 e. The molecule has 0 fully saturated rings. The van der Waals surface area contributed by atoms with Gasteiger partial charge in [-0.1, -0.05) is 12.1 Å². The molecule has 0 aliphatic rings. The van der Waals surface area contributed by atoms with Crippen molar-refractivity contribution >= 4 is 0 Å². The Labute approximate surface area is 90.4 Å². The minimum absolute atomic E-state index is 0.145. The molecule has 1 aromatic rings. The van der Waals surface area contributed by atoms with Gasteiger partial charge in [0.2, 0.25) is 0 Å². The monoisotopic (exact) mass is 211 g/mol. The van der Waals surface area contributed by atoms with Gasteiger partial charge in [-0.25, -0.2) is 4.39 Å². The molecule has 1 aromatic carbocycles. The zero-order chi connectivity index (χ0) is 11.3. The summed E-state index contributed by atoms with van der Waals surface area (Å²) in [5.74, 6) is -0.145. The quantitative estimate of drug-likeness (QED) is 0.806. The minimum Gasteiger partial charge on any atom is -0.383 e. The lowest BCUT2D eigenvalue weighted by atomic mass is 10.1. The maximum absolute atomic E-state index is 13.2. The molecule has 1 unspecified atom stereocenters. The van der Waals surface area contributed by atoms with Gasteiger partial charge < -0.3 is 10.1 Å². The van der Waals surface area contributed by atoms with E-state index in [0.29, 0.717) is 18.7 Å². The van der Waals surface area contributed by atoms with Crippen LogP contribution < -0.4 is 5.32 Å². The Morgan fingerprint density at radius 1 is 1.47 bits per heavy atom. The molecule has 0 heterocycles. The number of aryl methyl sites for hydroxylation is 1. The highest BCUT2D eigenvalue weighted by molar-refractivity contribution is 5.23. The molecule has 84 valence electrons. The van der Waals surface area contributed by atoms with Crippen LogP contribution in [0.15, 0.2) is 18.2 Å². The van der Waals surface area contributed by atoms with Crippen LogP contribution in [0, 0.1) is 12.7 Å². The highest BCUT2D eigenvalue weighted by Crippen LogP contribution is 2.08. The fourth-order valence-electron chi connectivity index (χ4n) is 1.35. The highest BCUT2D eigenvalue weighted by atomic mass is 19.1. The van der Waals surface area contributed by atoms with Crippen molar-refractivity contribution in [1.29, 1.82) is 0 Å². The summed E-state index contributed by atoms with van der Waals surface area (Å²) in [4.78, 5) is 0. The summed E-state index contributed by atoms with van der Waals surface area (Å²) in [7, 11) is 1.67. The molecule has 2 nitrogen and oxygen atoms in total. The fourth-order valence-corrected chi connectivity index (χ4v) is 1.35. The largest absolute Gasteiger partial charge is 0.383 e. The van der Waals surface area contributed by atoms with Gasteiger partial charge in [0.1, 0.15) is 5.82 Å². The maximum Gasteiger partial charge on any atom is 0.126 e. The molecular formula is C12H18FNO. The molecule has 0 aliphatic heterocycles. The van der Waals surface area contributed by atoms with E-state index in [0.717, 1.165) is 5.56 Å². The average Bonchev–Trinajstić information content (AvgIpc) is 2.20. The van der Waals surface area contributed by atoms with Crippen molar-refractivity contribution in [2.75, 3.05) is 13.7 Å². The Morgan fingerprint density at radius 3 is 2.80 bits per heavy atom. The summed E-state index contributed by atoms with van der Waals surface area (Å²) in [6.07, 6.45) is 0. The van der Waals surface area contributed by atoms with E-state index in [2.05, 4.69) is 5.32 Å². The van der Waals surface area contributed by atoms with Crippen LogP contribution in [0.4, 0.5) is 4.39 Å². The summed E-state index contributed by atoms with van der Waals surface area (Å²) in [5, 5.41) is 3.25. The molecule has 1 N–H and O–H groups in total. The van der Waals surface area contributed by atoms with E-state index in [1.807, 2.05) is 13.0 Å². The van der Waals surface area contributed by atoms with Crippen molar-refractivity contribution in [2.45, 2.75) is 26.4 Å². The van der Waals surface area contributed by atoms with Crippen molar-refractivity contribution in [3.63, 3.8) is 0 Å². The van der Waals surface area contributed by atoms with Crippen LogP contribution in [0.2, 0.25) is 0 Å². The van der Waals surface area contributed by atoms with Gasteiger partial charge >= 0.3 is 0 Å². The first-order valence-corrected chi connectivity index (χ1v) is 5.11. The molecule has 0 saturated carbocycles. The summed E-state index contributed by atoms with van der Waals surface area (Å²) >= 11 is 0. The Kier molecular flexibility index (Phi) is 4.72. The number of rotatable bonds is 5. The Balaban J connectivity index is 2.47. The summed E-state index contributed by atoms with van der Waals surface area (Å²) in [6, 6.07) is 5.58. The minimum atomic E-state index is -0.145. The number of halogens is 1. The van der Waals surface area contributed by atoms with E-state index < -0.39 is 0 Å². The van der Waals surface area contributed by atoms with Crippen LogP contribution in [0.1, 0.15) is 18.1 Å². The molecule has 0 aromatic heterocycles. The van der Waals surface area contributed by atoms with Gasteiger partial charge in [-0.2, -0.15) is 0 Å². The van der Waals surface area contributed by atoms with Gasteiger partial charge in [0.15, 0.2) is 0 Å². The van der Waals surface area contributed by atoms with Crippen molar-refractivity contribution in [2.24, 2.45) is 0 Å². The second-order valence-electron chi connectivity index (χ2n) is 3.82. The van der Waals surface area contributed by atoms with Crippen LogP contribution in [-0.2, 0) is 11.3 Å². The van der Waals surface area contributed by atoms with E-state index in [-0.39, 0.29) is 11.9 Å². The van der Waals surface area contributed by atoms with Crippen molar-refractivity contribution in [3.8, 4) is 0 Å². The van der Waals surface area contributed by atoms with E-state index in [1.165, 1.54) is 0 Å². The molecule has 1 atom stereocenters. The summed E-state index contributed by atoms with van der Waals surface area (Å²) in [5.41, 5.74) is 1.64. The van der Waals surface area contributed by atoms with Gasteiger partial charge in [-0.3, -0.25) is 0 Å². The van der Waals surface area contributed by atoms with Gasteiger partial charge in [-0.05, 0) is 31.0 Å². The first kappa shape index (κ1) is 12.1. The zero-order valence-corrected chi connectivity index (χ0v) is 9.51. The van der Waals surface area contributed by atoms with E-state index in [4.69, 9.17) is 4.74 Å². The van der Waals surface area contributed by atoms with Gasteiger partial charge in [0.05, 0.1) is 6.61 Å². The van der Waals surface area contributed by atoms with Crippen molar-refractivity contribution in [3.05, 3.63) is 35.1 Å². The molecule has 0 saturated heterocycles. The first-order chi connectivity index (χ1) is 7.13. The number of ether oxygens (including phenoxy) is 1. The third kappa shape index (κ3) is 3.98. The lowest BCUT2D eigenvalue weighted by molar-refractivity contribution is 0.171. The van der Waals surface area contributed by atoms with E-state index >= 15 is 0 Å². The van der Waals surface area contributed by atoms with Gasteiger partial charge in [0.25, 0.3) is 0 Å². The van der Waals surface area contributed by atoms with Gasteiger partial charge in [0, 0.05) is 19.7 Å². The molecule has 0 aliphatic carbocycles. The van der Waals surface area contributed by atoms with E-state index in [9.17, 15) is 4.39 Å². The molecular weight excluding hydrogens is 193 g/mol. The van der Waals surface area contributed by atoms with Crippen LogP contribution in [-0.4, -0.2) is 19.8 Å². The molecule has 0 amide bonds. The number of hydrogen-bond acceptors (Lipinski definition) is 2. The van der Waals surface area contributed by atoms with E-state index in [1.54, 1.807) is 26.2 Å². The highest BCUT2D eigenvalue weighted by Gasteiger charge is 2.02. The zero-order valence-electron chi connectivity index (χ0n) is 9.51. The second kappa shape index (κ2) is 5.83. The molecule has 3 heteroatoms. The molecule has 0 bridgehead atoms. The average molecular weight is 211 g/mol. The molecule has 0 radical (unpaired) electrons. The van der Waals surface area contributed by atoms with Crippen molar-refractivity contribution < 1.29 is 9.13 Å². The Morgan fingerprint density at radius 2 is 2.20 bits per heavy atom. The predicted octanol–water partition coefficient (Wildman–Crippen LogP) is 2.26. The van der Waals surface area contributed by atoms with Crippen LogP contribution in [0.5, 0.6) is 0 Å². The number of benzene rings is 1. The molecule has 0 spiro atoms. The predicted molar refractivity (Wildman–Crippen MR) is 59.3 cm³/mol. The number of nitrogens with one attached hydrogen (secondary N) is 1. The maximum atomic E-state index is 13.2. The standard InChI is InChI=1S/C12H18FNO/c1-9-4-5-11(6-12(9)13)7-14-10(2)8-15-3/h4-6,10,14H,7-8H2,1-3H3. The topological polar surface area (TPSA) is 21.3 Å². The lowest BCUT2D eigenvalue weighted by Crippen LogP contribution is -2.29. The molecule has 15 heavy (non-hydrogen) atoms. The first-order valence-electron chi connectivity index (χ1n) is 5.11. The third-order valence-corrected chi connectivity index (χ3v) is 2.31. The SMILES string of the molecule is COCC(C)NCc1ccc(C)c(F)c1. The third-order valence-electron chi connectivity index (χ3n) is 2.31. The molecule has 1 rings (SSSR count). The van der Waals surface area contributed by atoms with Crippen LogP contribution in [0.3, 0.4) is 0 Å². The number of methoxy groups -OCH3 is 1. The fraction of sp³-hybridized carbons (Fsp3) is 0.500. The van der Waals surface area contributed by atoms with Crippen LogP contribution >= 0.6 is 0 Å². The number of hydrogen-bond donors (Lipinski definition) is 1. The second-order valence-corrected chi connectivity index (χ2v) is 3.82. The summed E-state index contributed by atoms with van der Waals surface area (Å²) in [6.45, 7) is 5.13. The van der Waals surface area contributed by atoms with Crippen molar-refractivity contribution in [1.82, 2.24) is 5.32 Å². The van der Waals surface area contributed by atoms with Crippen LogP contribution in [0.25, 0.3) is 0 Å². The normalized spacial score (nSPS) is 12.8. The van der Waals surface area contributed by atoms with Gasteiger partial charge in [-0.15, -0.1) is 0 Å². The Hall–Kier alpha value is -0.930.